The molecule has 0 aromatic rings. The second-order valence-electron chi connectivity index (χ2n) is 3.70. The Morgan fingerprint density at radius 1 is 1.57 bits per heavy atom. The van der Waals surface area contributed by atoms with Crippen LogP contribution in [0.4, 0.5) is 0 Å². The van der Waals surface area contributed by atoms with Crippen LogP contribution in [0, 0.1) is 5.92 Å². The number of hydrogen-bond donors (Lipinski definition) is 2. The summed E-state index contributed by atoms with van der Waals surface area (Å²) in [5.74, 6) is 1.58. The number of nitrogens with two attached hydrogens (primary N) is 1. The Kier molecular flexibility index (Phi) is 7.99. The van der Waals surface area contributed by atoms with Crippen molar-refractivity contribution in [2.75, 3.05) is 18.6 Å². The summed E-state index contributed by atoms with van der Waals surface area (Å²) in [6.07, 6.45) is 3.79. The van der Waals surface area contributed by atoms with Gasteiger partial charge in [0.1, 0.15) is 0 Å². The van der Waals surface area contributed by atoms with Crippen molar-refractivity contribution in [3.05, 3.63) is 0 Å². The predicted molar refractivity (Wildman–Crippen MR) is 63.4 cm³/mol. The molecule has 0 spiro atoms. The van der Waals surface area contributed by atoms with Gasteiger partial charge in [0.25, 0.3) is 0 Å². The maximum Gasteiger partial charge on any atom is 0.236 e. The van der Waals surface area contributed by atoms with Crippen LogP contribution in [0.3, 0.4) is 0 Å². The topological polar surface area (TPSA) is 55.1 Å². The molecular formula is C10H22N2OS. The van der Waals surface area contributed by atoms with Gasteiger partial charge in [0.15, 0.2) is 0 Å². The molecule has 0 aliphatic carbocycles. The molecule has 0 radical (unpaired) electrons. The fourth-order valence-electron chi connectivity index (χ4n) is 1.19. The van der Waals surface area contributed by atoms with Crippen LogP contribution in [0.15, 0.2) is 0 Å². The number of rotatable bonds is 7. The molecule has 0 aliphatic rings. The van der Waals surface area contributed by atoms with E-state index >= 15 is 0 Å². The average Bonchev–Trinajstić information content (AvgIpc) is 2.15. The standard InChI is InChI=1S/C10H22N2OS/c1-4-5-9(11)10(13)12-6-8(2)7-14-3/h8-9H,4-7,11H2,1-3H3,(H,12,13)/t8?,9-/m1/s1. The highest BCUT2D eigenvalue weighted by molar-refractivity contribution is 7.98. The summed E-state index contributed by atoms with van der Waals surface area (Å²) in [7, 11) is 0. The molecular weight excluding hydrogens is 196 g/mol. The summed E-state index contributed by atoms with van der Waals surface area (Å²) in [6, 6.07) is -0.332. The Bertz CT molecular complexity index is 164. The Balaban J connectivity index is 3.61. The quantitative estimate of drug-likeness (QED) is 0.676. The summed E-state index contributed by atoms with van der Waals surface area (Å²) in [5, 5.41) is 2.87. The maximum absolute atomic E-state index is 11.4. The van der Waals surface area contributed by atoms with Crippen molar-refractivity contribution < 1.29 is 4.79 Å². The number of carbonyl (C=O) groups is 1. The van der Waals surface area contributed by atoms with E-state index in [1.165, 1.54) is 0 Å². The van der Waals surface area contributed by atoms with Gasteiger partial charge in [-0.05, 0) is 24.3 Å². The minimum absolute atomic E-state index is 0.0141. The van der Waals surface area contributed by atoms with Gasteiger partial charge in [-0.2, -0.15) is 11.8 Å². The first-order chi connectivity index (χ1) is 6.61. The van der Waals surface area contributed by atoms with Crippen molar-refractivity contribution in [1.82, 2.24) is 5.32 Å². The second-order valence-corrected chi connectivity index (χ2v) is 4.61. The molecule has 84 valence electrons. The van der Waals surface area contributed by atoms with Crippen molar-refractivity contribution in [1.29, 1.82) is 0 Å². The molecule has 0 heterocycles. The molecule has 0 aromatic heterocycles. The van der Waals surface area contributed by atoms with Gasteiger partial charge in [0.2, 0.25) is 5.91 Å². The van der Waals surface area contributed by atoms with Crippen LogP contribution in [0.2, 0.25) is 0 Å². The lowest BCUT2D eigenvalue weighted by molar-refractivity contribution is -0.122. The molecule has 1 amide bonds. The third-order valence-electron chi connectivity index (χ3n) is 2.01. The van der Waals surface area contributed by atoms with Crippen LogP contribution >= 0.6 is 11.8 Å². The smallest absolute Gasteiger partial charge is 0.236 e. The molecule has 3 nitrogen and oxygen atoms in total. The molecule has 0 aromatic carbocycles. The minimum atomic E-state index is -0.332. The van der Waals surface area contributed by atoms with Gasteiger partial charge in [-0.1, -0.05) is 20.3 Å². The van der Waals surface area contributed by atoms with Gasteiger partial charge in [0.05, 0.1) is 6.04 Å². The molecule has 2 atom stereocenters. The Morgan fingerprint density at radius 3 is 2.71 bits per heavy atom. The monoisotopic (exact) mass is 218 g/mol. The third kappa shape index (κ3) is 6.27. The van der Waals surface area contributed by atoms with Gasteiger partial charge < -0.3 is 11.1 Å². The van der Waals surface area contributed by atoms with Crippen molar-refractivity contribution >= 4 is 17.7 Å². The maximum atomic E-state index is 11.4. The normalized spacial score (nSPS) is 14.9. The molecule has 3 N–H and O–H groups in total. The zero-order valence-corrected chi connectivity index (χ0v) is 10.2. The highest BCUT2D eigenvalue weighted by Gasteiger charge is 2.12. The van der Waals surface area contributed by atoms with Crippen LogP contribution in [0.5, 0.6) is 0 Å². The average molecular weight is 218 g/mol. The minimum Gasteiger partial charge on any atom is -0.354 e. The molecule has 0 saturated carbocycles. The van der Waals surface area contributed by atoms with E-state index in [4.69, 9.17) is 5.73 Å². The lowest BCUT2D eigenvalue weighted by atomic mass is 10.1. The first-order valence-corrected chi connectivity index (χ1v) is 6.53. The SMILES string of the molecule is CCC[C@@H](N)C(=O)NCC(C)CSC. The van der Waals surface area contributed by atoms with Crippen molar-refractivity contribution in [3.63, 3.8) is 0 Å². The van der Waals surface area contributed by atoms with Gasteiger partial charge in [-0.15, -0.1) is 0 Å². The highest BCUT2D eigenvalue weighted by atomic mass is 32.2. The van der Waals surface area contributed by atoms with E-state index in [1.807, 2.05) is 6.92 Å². The Hall–Kier alpha value is -0.220. The van der Waals surface area contributed by atoms with Crippen molar-refractivity contribution in [2.24, 2.45) is 11.7 Å². The lowest BCUT2D eigenvalue weighted by Gasteiger charge is -2.14. The number of carbonyl (C=O) groups excluding carboxylic acids is 1. The molecule has 14 heavy (non-hydrogen) atoms. The van der Waals surface area contributed by atoms with Crippen LogP contribution in [0.25, 0.3) is 0 Å². The first kappa shape index (κ1) is 13.8. The zero-order valence-electron chi connectivity index (χ0n) is 9.38. The molecule has 1 unspecified atom stereocenters. The fourth-order valence-corrected chi connectivity index (χ4v) is 1.88. The molecule has 0 saturated heterocycles. The molecule has 0 bridgehead atoms. The Labute approximate surface area is 91.2 Å². The second kappa shape index (κ2) is 8.12. The van der Waals surface area contributed by atoms with E-state index in [1.54, 1.807) is 11.8 Å². The zero-order chi connectivity index (χ0) is 11.0. The molecule has 4 heteroatoms. The van der Waals surface area contributed by atoms with E-state index in [2.05, 4.69) is 18.5 Å². The number of nitrogens with one attached hydrogen (secondary N) is 1. The van der Waals surface area contributed by atoms with Crippen LogP contribution in [0.1, 0.15) is 26.7 Å². The fraction of sp³-hybridized carbons (Fsp3) is 0.900. The van der Waals surface area contributed by atoms with Crippen LogP contribution in [-0.2, 0) is 4.79 Å². The van der Waals surface area contributed by atoms with Crippen molar-refractivity contribution in [3.8, 4) is 0 Å². The van der Waals surface area contributed by atoms with Crippen molar-refractivity contribution in [2.45, 2.75) is 32.7 Å². The van der Waals surface area contributed by atoms with Gasteiger partial charge >= 0.3 is 0 Å². The number of thioether (sulfide) groups is 1. The van der Waals surface area contributed by atoms with E-state index in [0.717, 1.165) is 25.1 Å². The molecule has 0 fully saturated rings. The molecule has 0 rings (SSSR count). The molecule has 0 aliphatic heterocycles. The summed E-state index contributed by atoms with van der Waals surface area (Å²) in [4.78, 5) is 11.4. The summed E-state index contributed by atoms with van der Waals surface area (Å²) in [6.45, 7) is 4.89. The van der Waals surface area contributed by atoms with Crippen LogP contribution < -0.4 is 11.1 Å². The highest BCUT2D eigenvalue weighted by Crippen LogP contribution is 2.02. The summed E-state index contributed by atoms with van der Waals surface area (Å²) in [5.41, 5.74) is 5.67. The Morgan fingerprint density at radius 2 is 2.21 bits per heavy atom. The first-order valence-electron chi connectivity index (χ1n) is 5.14. The predicted octanol–water partition coefficient (Wildman–Crippen LogP) is 1.23. The summed E-state index contributed by atoms with van der Waals surface area (Å²) < 4.78 is 0. The van der Waals surface area contributed by atoms with E-state index in [9.17, 15) is 4.79 Å². The van der Waals surface area contributed by atoms with E-state index in [-0.39, 0.29) is 11.9 Å². The van der Waals surface area contributed by atoms with E-state index in [0.29, 0.717) is 5.92 Å². The summed E-state index contributed by atoms with van der Waals surface area (Å²) >= 11 is 1.80. The largest absolute Gasteiger partial charge is 0.354 e. The number of hydrogen-bond acceptors (Lipinski definition) is 3. The van der Waals surface area contributed by atoms with Gasteiger partial charge in [-0.3, -0.25) is 4.79 Å². The number of amides is 1. The third-order valence-corrected chi connectivity index (χ3v) is 2.91. The van der Waals surface area contributed by atoms with Gasteiger partial charge in [0, 0.05) is 6.54 Å². The van der Waals surface area contributed by atoms with E-state index < -0.39 is 0 Å². The van der Waals surface area contributed by atoms with Crippen LogP contribution in [-0.4, -0.2) is 30.5 Å². The van der Waals surface area contributed by atoms with Gasteiger partial charge in [-0.25, -0.2) is 0 Å². The lowest BCUT2D eigenvalue weighted by Crippen LogP contribution is -2.42.